The van der Waals surface area contributed by atoms with Gasteiger partial charge in [-0.05, 0) is 16.5 Å². The molecular formula is C14H22N2O2. The molecule has 4 nitrogen and oxygen atoms in total. The van der Waals surface area contributed by atoms with Crippen LogP contribution < -0.4 is 11.1 Å². The Morgan fingerprint density at radius 1 is 1.28 bits per heavy atom. The monoisotopic (exact) mass is 250 g/mol. The SMILES string of the molecule is CC(C)(C)c1ccc(CNCCOC(N)=O)cc1. The fourth-order valence-corrected chi connectivity index (χ4v) is 1.58. The molecule has 4 heteroatoms. The average Bonchev–Trinajstić information content (AvgIpc) is 2.27. The molecule has 3 N–H and O–H groups in total. The molecule has 0 aromatic heterocycles. The van der Waals surface area contributed by atoms with Crippen molar-refractivity contribution in [1.82, 2.24) is 5.32 Å². The number of carbonyl (C=O) groups is 1. The number of hydrogen-bond acceptors (Lipinski definition) is 3. The summed E-state index contributed by atoms with van der Waals surface area (Å²) in [5.74, 6) is 0. The highest BCUT2D eigenvalue weighted by atomic mass is 16.5. The van der Waals surface area contributed by atoms with E-state index in [0.717, 1.165) is 6.54 Å². The molecule has 0 bridgehead atoms. The molecule has 18 heavy (non-hydrogen) atoms. The first-order chi connectivity index (χ1) is 8.39. The summed E-state index contributed by atoms with van der Waals surface area (Å²) in [5.41, 5.74) is 7.57. The van der Waals surface area contributed by atoms with Crippen molar-refractivity contribution in [3.8, 4) is 0 Å². The number of carbonyl (C=O) groups excluding carboxylic acids is 1. The molecule has 1 aromatic rings. The summed E-state index contributed by atoms with van der Waals surface area (Å²) >= 11 is 0. The summed E-state index contributed by atoms with van der Waals surface area (Å²) in [5, 5.41) is 3.18. The van der Waals surface area contributed by atoms with Gasteiger partial charge < -0.3 is 15.8 Å². The number of nitrogens with two attached hydrogens (primary N) is 1. The van der Waals surface area contributed by atoms with E-state index in [9.17, 15) is 4.79 Å². The molecule has 0 aliphatic carbocycles. The number of rotatable bonds is 5. The highest BCUT2D eigenvalue weighted by Crippen LogP contribution is 2.21. The zero-order chi connectivity index (χ0) is 13.6. The fourth-order valence-electron chi connectivity index (χ4n) is 1.58. The molecule has 100 valence electrons. The lowest BCUT2D eigenvalue weighted by Gasteiger charge is -2.19. The van der Waals surface area contributed by atoms with Crippen LogP contribution in [0.5, 0.6) is 0 Å². The van der Waals surface area contributed by atoms with E-state index in [1.54, 1.807) is 0 Å². The van der Waals surface area contributed by atoms with Crippen LogP contribution in [0.15, 0.2) is 24.3 Å². The van der Waals surface area contributed by atoms with Crippen molar-refractivity contribution in [2.75, 3.05) is 13.2 Å². The molecule has 0 aliphatic rings. The molecule has 0 fully saturated rings. The maximum Gasteiger partial charge on any atom is 0.404 e. The number of amides is 1. The van der Waals surface area contributed by atoms with Crippen LogP contribution in [-0.4, -0.2) is 19.2 Å². The maximum atomic E-state index is 10.3. The van der Waals surface area contributed by atoms with Gasteiger partial charge in [-0.1, -0.05) is 45.0 Å². The summed E-state index contributed by atoms with van der Waals surface area (Å²) in [6.45, 7) is 8.25. The van der Waals surface area contributed by atoms with E-state index >= 15 is 0 Å². The Morgan fingerprint density at radius 3 is 2.39 bits per heavy atom. The first kappa shape index (κ1) is 14.5. The first-order valence-electron chi connectivity index (χ1n) is 6.12. The lowest BCUT2D eigenvalue weighted by atomic mass is 9.87. The fraction of sp³-hybridized carbons (Fsp3) is 0.500. The zero-order valence-electron chi connectivity index (χ0n) is 11.3. The van der Waals surface area contributed by atoms with Crippen molar-refractivity contribution >= 4 is 6.09 Å². The van der Waals surface area contributed by atoms with Gasteiger partial charge in [-0.15, -0.1) is 0 Å². The van der Waals surface area contributed by atoms with Gasteiger partial charge >= 0.3 is 6.09 Å². The van der Waals surface area contributed by atoms with Gasteiger partial charge in [0.15, 0.2) is 0 Å². The molecule has 0 radical (unpaired) electrons. The normalized spacial score (nSPS) is 11.3. The third kappa shape index (κ3) is 5.19. The van der Waals surface area contributed by atoms with Gasteiger partial charge in [-0.2, -0.15) is 0 Å². The number of benzene rings is 1. The van der Waals surface area contributed by atoms with Crippen LogP contribution in [0.4, 0.5) is 4.79 Å². The predicted octanol–water partition coefficient (Wildman–Crippen LogP) is 2.17. The molecule has 1 rings (SSSR count). The molecule has 0 aliphatic heterocycles. The topological polar surface area (TPSA) is 64.3 Å². The molecule has 1 aromatic carbocycles. The molecule has 0 atom stereocenters. The number of ether oxygens (including phenoxy) is 1. The second-order valence-electron chi connectivity index (χ2n) is 5.29. The summed E-state index contributed by atoms with van der Waals surface area (Å²) in [6, 6.07) is 8.53. The van der Waals surface area contributed by atoms with Gasteiger partial charge in [0.1, 0.15) is 6.61 Å². The maximum absolute atomic E-state index is 10.3. The third-order valence-corrected chi connectivity index (χ3v) is 2.67. The van der Waals surface area contributed by atoms with Crippen LogP contribution in [0.1, 0.15) is 31.9 Å². The van der Waals surface area contributed by atoms with Crippen LogP contribution in [0.25, 0.3) is 0 Å². The minimum Gasteiger partial charge on any atom is -0.448 e. The smallest absolute Gasteiger partial charge is 0.404 e. The third-order valence-electron chi connectivity index (χ3n) is 2.67. The van der Waals surface area contributed by atoms with E-state index in [1.807, 2.05) is 0 Å². The second kappa shape index (κ2) is 6.40. The van der Waals surface area contributed by atoms with E-state index in [0.29, 0.717) is 13.2 Å². The van der Waals surface area contributed by atoms with Gasteiger partial charge in [-0.3, -0.25) is 0 Å². The highest BCUT2D eigenvalue weighted by Gasteiger charge is 2.12. The number of primary amides is 1. The lowest BCUT2D eigenvalue weighted by molar-refractivity contribution is 0.157. The van der Waals surface area contributed by atoms with Gasteiger partial charge in [0.2, 0.25) is 0 Å². The highest BCUT2D eigenvalue weighted by molar-refractivity contribution is 5.64. The van der Waals surface area contributed by atoms with Crippen molar-refractivity contribution < 1.29 is 9.53 Å². The summed E-state index contributed by atoms with van der Waals surface area (Å²) in [6.07, 6.45) is -0.730. The lowest BCUT2D eigenvalue weighted by Crippen LogP contribution is -2.23. The van der Waals surface area contributed by atoms with E-state index in [-0.39, 0.29) is 5.41 Å². The van der Waals surface area contributed by atoms with Gasteiger partial charge in [0, 0.05) is 13.1 Å². The largest absolute Gasteiger partial charge is 0.448 e. The van der Waals surface area contributed by atoms with Crippen LogP contribution in [0.3, 0.4) is 0 Å². The van der Waals surface area contributed by atoms with Crippen molar-refractivity contribution in [3.05, 3.63) is 35.4 Å². The number of nitrogens with one attached hydrogen (secondary N) is 1. The summed E-state index contributed by atoms with van der Waals surface area (Å²) in [7, 11) is 0. The second-order valence-corrected chi connectivity index (χ2v) is 5.29. The minimum absolute atomic E-state index is 0.182. The van der Waals surface area contributed by atoms with Crippen molar-refractivity contribution in [3.63, 3.8) is 0 Å². The molecule has 0 saturated heterocycles. The molecule has 0 saturated carbocycles. The van der Waals surface area contributed by atoms with E-state index in [4.69, 9.17) is 5.73 Å². The Bertz CT molecular complexity index is 380. The van der Waals surface area contributed by atoms with Crippen LogP contribution in [-0.2, 0) is 16.7 Å². The Morgan fingerprint density at radius 2 is 1.89 bits per heavy atom. The van der Waals surface area contributed by atoms with Gasteiger partial charge in [0.05, 0.1) is 0 Å². The molecule has 1 amide bonds. The molecule has 0 unspecified atom stereocenters. The Hall–Kier alpha value is -1.55. The Labute approximate surface area is 109 Å². The van der Waals surface area contributed by atoms with Gasteiger partial charge in [-0.25, -0.2) is 4.79 Å². The summed E-state index contributed by atoms with van der Waals surface area (Å²) in [4.78, 5) is 10.3. The van der Waals surface area contributed by atoms with Gasteiger partial charge in [0.25, 0.3) is 0 Å². The standard InChI is InChI=1S/C14H22N2O2/c1-14(2,3)12-6-4-11(5-7-12)10-16-8-9-18-13(15)17/h4-7,16H,8-10H2,1-3H3,(H2,15,17). The van der Waals surface area contributed by atoms with Crippen LogP contribution >= 0.6 is 0 Å². The molecular weight excluding hydrogens is 228 g/mol. The quantitative estimate of drug-likeness (QED) is 0.787. The average molecular weight is 250 g/mol. The van der Waals surface area contributed by atoms with Crippen LogP contribution in [0.2, 0.25) is 0 Å². The Kier molecular flexibility index (Phi) is 5.16. The molecule has 0 spiro atoms. The minimum atomic E-state index is -0.730. The van der Waals surface area contributed by atoms with E-state index < -0.39 is 6.09 Å². The Balaban J connectivity index is 2.33. The molecule has 0 heterocycles. The van der Waals surface area contributed by atoms with Crippen LogP contribution in [0, 0.1) is 0 Å². The zero-order valence-corrected chi connectivity index (χ0v) is 11.3. The van der Waals surface area contributed by atoms with E-state index in [1.165, 1.54) is 11.1 Å². The van der Waals surface area contributed by atoms with Crippen molar-refractivity contribution in [1.29, 1.82) is 0 Å². The summed E-state index contributed by atoms with van der Waals surface area (Å²) < 4.78 is 4.62. The van der Waals surface area contributed by atoms with E-state index in [2.05, 4.69) is 55.1 Å². The number of hydrogen-bond donors (Lipinski definition) is 2. The van der Waals surface area contributed by atoms with Crippen molar-refractivity contribution in [2.45, 2.75) is 32.7 Å². The first-order valence-corrected chi connectivity index (χ1v) is 6.12. The van der Waals surface area contributed by atoms with Crippen molar-refractivity contribution in [2.24, 2.45) is 5.73 Å². The predicted molar refractivity (Wildman–Crippen MR) is 72.4 cm³/mol.